The van der Waals surface area contributed by atoms with E-state index in [9.17, 15) is 13.2 Å². The summed E-state index contributed by atoms with van der Waals surface area (Å²) in [7, 11) is -3.90. The molecular formula is C21H16Cl2N4O3S. The van der Waals surface area contributed by atoms with Crippen LogP contribution in [-0.2, 0) is 16.4 Å². The number of sulfone groups is 1. The largest absolute Gasteiger partial charge is 0.348 e. The number of rotatable bonds is 5. The summed E-state index contributed by atoms with van der Waals surface area (Å²) < 4.78 is 27.7. The average Bonchev–Trinajstić information content (AvgIpc) is 3.23. The van der Waals surface area contributed by atoms with Gasteiger partial charge < -0.3 is 5.32 Å². The number of hydrogen-bond donors (Lipinski definition) is 1. The third kappa shape index (κ3) is 4.14. The lowest BCUT2D eigenvalue weighted by Crippen LogP contribution is -2.23. The summed E-state index contributed by atoms with van der Waals surface area (Å²) in [6.45, 7) is 1.93. The lowest BCUT2D eigenvalue weighted by molar-refractivity contribution is 0.0950. The zero-order valence-corrected chi connectivity index (χ0v) is 18.5. The van der Waals surface area contributed by atoms with E-state index in [4.69, 9.17) is 23.2 Å². The minimum Gasteiger partial charge on any atom is -0.348 e. The Hall–Kier alpha value is -2.94. The molecule has 31 heavy (non-hydrogen) atoms. The molecule has 0 saturated heterocycles. The number of hydrogen-bond acceptors (Lipinski definition) is 5. The van der Waals surface area contributed by atoms with E-state index in [1.54, 1.807) is 48.1 Å². The van der Waals surface area contributed by atoms with Crippen LogP contribution >= 0.6 is 23.2 Å². The van der Waals surface area contributed by atoms with Crippen molar-refractivity contribution < 1.29 is 13.2 Å². The van der Waals surface area contributed by atoms with Crippen LogP contribution < -0.4 is 5.32 Å². The van der Waals surface area contributed by atoms with Crippen LogP contribution in [0.5, 0.6) is 0 Å². The molecule has 1 N–H and O–H groups in total. The Kier molecular flexibility index (Phi) is 5.70. The van der Waals surface area contributed by atoms with Crippen molar-refractivity contribution in [1.29, 1.82) is 0 Å². The van der Waals surface area contributed by atoms with Crippen molar-refractivity contribution >= 4 is 44.7 Å². The Morgan fingerprint density at radius 3 is 2.58 bits per heavy atom. The van der Waals surface area contributed by atoms with Gasteiger partial charge in [0.2, 0.25) is 15.6 Å². The van der Waals surface area contributed by atoms with Gasteiger partial charge in [-0.1, -0.05) is 41.4 Å². The number of aryl methyl sites for hydroxylation is 1. The van der Waals surface area contributed by atoms with Gasteiger partial charge in [-0.05, 0) is 36.2 Å². The Labute approximate surface area is 188 Å². The number of imidazole rings is 1. The highest BCUT2D eigenvalue weighted by Gasteiger charge is 2.25. The maximum absolute atomic E-state index is 13.0. The molecule has 0 spiro atoms. The maximum Gasteiger partial charge on any atom is 0.254 e. The molecule has 4 aromatic rings. The van der Waals surface area contributed by atoms with Crippen LogP contribution in [0.4, 0.5) is 0 Å². The fourth-order valence-electron chi connectivity index (χ4n) is 3.00. The first kappa shape index (κ1) is 21.3. The van der Waals surface area contributed by atoms with Crippen LogP contribution in [0, 0.1) is 6.92 Å². The summed E-state index contributed by atoms with van der Waals surface area (Å²) in [6, 6.07) is 9.35. The first-order valence-corrected chi connectivity index (χ1v) is 11.4. The van der Waals surface area contributed by atoms with Crippen molar-refractivity contribution in [3.8, 4) is 0 Å². The molecule has 0 aliphatic carbocycles. The minimum absolute atomic E-state index is 0.0618. The van der Waals surface area contributed by atoms with Crippen molar-refractivity contribution in [2.45, 2.75) is 23.3 Å². The Morgan fingerprint density at radius 2 is 1.84 bits per heavy atom. The maximum atomic E-state index is 13.0. The summed E-state index contributed by atoms with van der Waals surface area (Å²) in [6.07, 6.45) is 6.38. The SMILES string of the molecule is Cc1ccc(Cl)c(S(=O)(=O)c2ccc(CNC(=O)c3cnc4nccn4c3)cc2)c1Cl. The second kappa shape index (κ2) is 8.30. The molecule has 0 bridgehead atoms. The third-order valence-corrected chi connectivity index (χ3v) is 7.59. The van der Waals surface area contributed by atoms with E-state index in [1.807, 2.05) is 0 Å². The van der Waals surface area contributed by atoms with E-state index in [0.717, 1.165) is 5.56 Å². The van der Waals surface area contributed by atoms with Gasteiger partial charge in [-0.25, -0.2) is 18.4 Å². The molecular weight excluding hydrogens is 459 g/mol. The summed E-state index contributed by atoms with van der Waals surface area (Å²) in [5.74, 6) is 0.195. The molecule has 158 valence electrons. The van der Waals surface area contributed by atoms with Gasteiger partial charge in [0.05, 0.1) is 20.5 Å². The number of nitrogens with zero attached hydrogens (tertiary/aromatic N) is 3. The predicted molar refractivity (Wildman–Crippen MR) is 117 cm³/mol. The van der Waals surface area contributed by atoms with E-state index >= 15 is 0 Å². The smallest absolute Gasteiger partial charge is 0.254 e. The summed E-state index contributed by atoms with van der Waals surface area (Å²) in [5, 5.41) is 2.95. The Balaban J connectivity index is 1.50. The number of benzene rings is 2. The number of fused-ring (bicyclic) bond motifs is 1. The zero-order chi connectivity index (χ0) is 22.2. The standard InChI is InChI=1S/C21H16Cl2N4O3S/c1-13-2-7-17(22)19(18(13)23)31(29,30)16-5-3-14(4-6-16)10-25-20(28)15-11-26-21-24-8-9-27(21)12-15/h2-9,11-12H,10H2,1H3,(H,25,28). The van der Waals surface area contributed by atoms with Crippen molar-refractivity contribution in [2.75, 3.05) is 0 Å². The lowest BCUT2D eigenvalue weighted by atomic mass is 10.2. The quantitative estimate of drug-likeness (QED) is 0.469. The second-order valence-corrected chi connectivity index (χ2v) is 9.49. The predicted octanol–water partition coefficient (Wildman–Crippen LogP) is 4.11. The van der Waals surface area contributed by atoms with Gasteiger partial charge in [-0.2, -0.15) is 0 Å². The summed E-state index contributed by atoms with van der Waals surface area (Å²) >= 11 is 12.3. The molecule has 0 fully saturated rings. The molecule has 7 nitrogen and oxygen atoms in total. The van der Waals surface area contributed by atoms with Gasteiger partial charge in [-0.15, -0.1) is 0 Å². The van der Waals surface area contributed by atoms with Crippen molar-refractivity contribution in [1.82, 2.24) is 19.7 Å². The van der Waals surface area contributed by atoms with Crippen LogP contribution in [0.15, 0.2) is 71.0 Å². The molecule has 0 unspecified atom stereocenters. The van der Waals surface area contributed by atoms with E-state index in [0.29, 0.717) is 16.9 Å². The van der Waals surface area contributed by atoms with Gasteiger partial charge in [-0.3, -0.25) is 9.20 Å². The first-order chi connectivity index (χ1) is 14.8. The Morgan fingerprint density at radius 1 is 1.10 bits per heavy atom. The fourth-order valence-corrected chi connectivity index (χ4v) is 5.43. The topological polar surface area (TPSA) is 93.4 Å². The van der Waals surface area contributed by atoms with E-state index in [1.165, 1.54) is 24.4 Å². The zero-order valence-electron chi connectivity index (χ0n) is 16.2. The molecule has 2 aromatic heterocycles. The number of amides is 1. The average molecular weight is 475 g/mol. The highest BCUT2D eigenvalue weighted by molar-refractivity contribution is 7.91. The molecule has 1 amide bonds. The van der Waals surface area contributed by atoms with Gasteiger partial charge in [0.1, 0.15) is 4.90 Å². The number of nitrogens with one attached hydrogen (secondary N) is 1. The molecule has 2 heterocycles. The molecule has 10 heteroatoms. The van der Waals surface area contributed by atoms with Crippen LogP contribution in [0.1, 0.15) is 21.5 Å². The van der Waals surface area contributed by atoms with Crippen LogP contribution in [-0.4, -0.2) is 28.7 Å². The van der Waals surface area contributed by atoms with Crippen LogP contribution in [0.3, 0.4) is 0 Å². The van der Waals surface area contributed by atoms with E-state index in [-0.39, 0.29) is 32.3 Å². The molecule has 0 aliphatic rings. The highest BCUT2D eigenvalue weighted by atomic mass is 35.5. The van der Waals surface area contributed by atoms with Gasteiger partial charge in [0, 0.05) is 31.3 Å². The number of aromatic nitrogens is 3. The molecule has 4 rings (SSSR count). The van der Waals surface area contributed by atoms with E-state index < -0.39 is 9.84 Å². The second-order valence-electron chi connectivity index (χ2n) is 6.81. The molecule has 2 aromatic carbocycles. The number of carbonyl (C=O) groups is 1. The van der Waals surface area contributed by atoms with Gasteiger partial charge in [0.15, 0.2) is 0 Å². The van der Waals surface area contributed by atoms with Crippen LogP contribution in [0.2, 0.25) is 10.0 Å². The monoisotopic (exact) mass is 474 g/mol. The molecule has 0 atom stereocenters. The van der Waals surface area contributed by atoms with Crippen molar-refractivity contribution in [3.05, 3.63) is 87.9 Å². The molecule has 0 radical (unpaired) electrons. The first-order valence-electron chi connectivity index (χ1n) is 9.13. The summed E-state index contributed by atoms with van der Waals surface area (Å²) in [4.78, 5) is 20.5. The highest BCUT2D eigenvalue weighted by Crippen LogP contribution is 2.35. The normalized spacial score (nSPS) is 11.6. The van der Waals surface area contributed by atoms with Crippen LogP contribution in [0.25, 0.3) is 5.78 Å². The fraction of sp³-hybridized carbons (Fsp3) is 0.0952. The molecule has 0 aliphatic heterocycles. The minimum atomic E-state index is -3.90. The third-order valence-electron chi connectivity index (χ3n) is 4.71. The number of carbonyl (C=O) groups excluding carboxylic acids is 1. The van der Waals surface area contributed by atoms with Crippen molar-refractivity contribution in [2.24, 2.45) is 0 Å². The Bertz CT molecular complexity index is 1400. The van der Waals surface area contributed by atoms with E-state index in [2.05, 4.69) is 15.3 Å². The van der Waals surface area contributed by atoms with Crippen molar-refractivity contribution in [3.63, 3.8) is 0 Å². The summed E-state index contributed by atoms with van der Waals surface area (Å²) in [5.41, 5.74) is 1.73. The van der Waals surface area contributed by atoms with Gasteiger partial charge >= 0.3 is 0 Å². The molecule has 0 saturated carbocycles. The van der Waals surface area contributed by atoms with Gasteiger partial charge in [0.25, 0.3) is 5.91 Å². The lowest BCUT2D eigenvalue weighted by Gasteiger charge is -2.11. The number of halogens is 2.